The van der Waals surface area contributed by atoms with Crippen LogP contribution in [0.15, 0.2) is 18.2 Å². The van der Waals surface area contributed by atoms with E-state index in [1.807, 2.05) is 12.1 Å². The highest BCUT2D eigenvalue weighted by Crippen LogP contribution is 2.21. The monoisotopic (exact) mass is 278 g/mol. The Morgan fingerprint density at radius 1 is 1.20 bits per heavy atom. The van der Waals surface area contributed by atoms with Gasteiger partial charge in [-0.1, -0.05) is 39.8 Å². The van der Waals surface area contributed by atoms with Crippen molar-refractivity contribution in [3.63, 3.8) is 0 Å². The van der Waals surface area contributed by atoms with E-state index in [2.05, 4.69) is 33.0 Å². The minimum Gasteiger partial charge on any atom is -0.312 e. The molecule has 0 unspecified atom stereocenters. The topological polar surface area (TPSA) is 55.2 Å². The molecule has 0 aliphatic carbocycles. The fourth-order valence-electron chi connectivity index (χ4n) is 2.59. The lowest BCUT2D eigenvalue weighted by Crippen LogP contribution is -2.29. The summed E-state index contributed by atoms with van der Waals surface area (Å²) in [4.78, 5) is 10.6. The molecule has 1 aromatic carbocycles. The van der Waals surface area contributed by atoms with Crippen molar-refractivity contribution in [1.29, 1.82) is 0 Å². The highest BCUT2D eigenvalue weighted by molar-refractivity contribution is 5.42. The minimum atomic E-state index is -0.316. The van der Waals surface area contributed by atoms with Crippen molar-refractivity contribution < 1.29 is 4.92 Å². The summed E-state index contributed by atoms with van der Waals surface area (Å²) in [7, 11) is 0. The molecule has 20 heavy (non-hydrogen) atoms. The van der Waals surface area contributed by atoms with Crippen LogP contribution in [0, 0.1) is 34.8 Å². The maximum absolute atomic E-state index is 10.9. The van der Waals surface area contributed by atoms with E-state index in [-0.39, 0.29) is 10.6 Å². The number of benzene rings is 1. The van der Waals surface area contributed by atoms with Crippen molar-refractivity contribution >= 4 is 5.69 Å². The molecule has 0 saturated heterocycles. The van der Waals surface area contributed by atoms with E-state index in [1.54, 1.807) is 13.0 Å². The molecule has 1 rings (SSSR count). The van der Waals surface area contributed by atoms with Gasteiger partial charge in [0.1, 0.15) is 0 Å². The lowest BCUT2D eigenvalue weighted by atomic mass is 9.85. The minimum absolute atomic E-state index is 0.202. The first-order valence-corrected chi connectivity index (χ1v) is 7.27. The Morgan fingerprint density at radius 2 is 1.80 bits per heavy atom. The number of rotatable bonds is 7. The summed E-state index contributed by atoms with van der Waals surface area (Å²) in [6, 6.07) is 5.44. The van der Waals surface area contributed by atoms with Crippen LogP contribution in [-0.2, 0) is 6.54 Å². The van der Waals surface area contributed by atoms with Crippen LogP contribution in [0.5, 0.6) is 0 Å². The number of nitro groups is 1. The van der Waals surface area contributed by atoms with E-state index in [0.29, 0.717) is 29.9 Å². The maximum Gasteiger partial charge on any atom is 0.272 e. The number of nitrogens with one attached hydrogen (secondary N) is 1. The van der Waals surface area contributed by atoms with Crippen molar-refractivity contribution in [2.45, 2.75) is 41.2 Å². The summed E-state index contributed by atoms with van der Waals surface area (Å²) in [6.07, 6.45) is 0. The zero-order valence-electron chi connectivity index (χ0n) is 13.1. The van der Waals surface area contributed by atoms with Crippen LogP contribution in [0.3, 0.4) is 0 Å². The van der Waals surface area contributed by atoms with Crippen molar-refractivity contribution in [3.8, 4) is 0 Å². The normalized spacial score (nSPS) is 11.6. The molecule has 0 heterocycles. The van der Waals surface area contributed by atoms with Gasteiger partial charge in [0.15, 0.2) is 0 Å². The zero-order chi connectivity index (χ0) is 15.3. The zero-order valence-corrected chi connectivity index (χ0v) is 13.1. The van der Waals surface area contributed by atoms with Gasteiger partial charge in [-0.2, -0.15) is 0 Å². The summed E-state index contributed by atoms with van der Waals surface area (Å²) in [5, 5.41) is 14.3. The Morgan fingerprint density at radius 3 is 2.30 bits per heavy atom. The Balaban J connectivity index is 2.62. The predicted molar refractivity (Wildman–Crippen MR) is 82.7 cm³/mol. The van der Waals surface area contributed by atoms with Crippen molar-refractivity contribution in [1.82, 2.24) is 5.32 Å². The lowest BCUT2D eigenvalue weighted by molar-refractivity contribution is -0.385. The van der Waals surface area contributed by atoms with Crippen LogP contribution in [0.1, 0.15) is 38.8 Å². The first-order valence-electron chi connectivity index (χ1n) is 7.27. The Bertz CT molecular complexity index is 448. The summed E-state index contributed by atoms with van der Waals surface area (Å²) < 4.78 is 0. The Kier molecular flexibility index (Phi) is 6.14. The van der Waals surface area contributed by atoms with Crippen LogP contribution in [0.2, 0.25) is 0 Å². The average molecular weight is 278 g/mol. The molecule has 0 spiro atoms. The standard InChI is InChI=1S/C16H26N2O2/c1-11(2)15(12(3)4)10-17-9-14-7-6-13(5)16(8-14)18(19)20/h6-8,11-12,15,17H,9-10H2,1-5H3. The van der Waals surface area contributed by atoms with E-state index < -0.39 is 0 Å². The van der Waals surface area contributed by atoms with Crippen molar-refractivity contribution in [2.24, 2.45) is 17.8 Å². The number of hydrogen-bond acceptors (Lipinski definition) is 3. The number of nitro benzene ring substituents is 1. The molecule has 112 valence electrons. The summed E-state index contributed by atoms with van der Waals surface area (Å²) in [6.45, 7) is 12.3. The molecule has 0 amide bonds. The van der Waals surface area contributed by atoms with E-state index in [0.717, 1.165) is 12.1 Å². The van der Waals surface area contributed by atoms with Crippen molar-refractivity contribution in [2.75, 3.05) is 6.54 Å². The number of nitrogens with zero attached hydrogens (tertiary/aromatic N) is 1. The molecule has 0 aliphatic rings. The molecule has 1 aromatic rings. The molecule has 0 aromatic heterocycles. The second kappa shape index (κ2) is 7.39. The smallest absolute Gasteiger partial charge is 0.272 e. The number of aryl methyl sites for hydroxylation is 1. The summed E-state index contributed by atoms with van der Waals surface area (Å²) >= 11 is 0. The molecular formula is C16H26N2O2. The van der Waals surface area contributed by atoms with E-state index in [4.69, 9.17) is 0 Å². The number of hydrogen-bond donors (Lipinski definition) is 1. The van der Waals surface area contributed by atoms with Crippen LogP contribution in [0.4, 0.5) is 5.69 Å². The molecule has 0 atom stereocenters. The molecule has 0 fully saturated rings. The van der Waals surface area contributed by atoms with Gasteiger partial charge in [0.2, 0.25) is 0 Å². The molecular weight excluding hydrogens is 252 g/mol. The second-order valence-electron chi connectivity index (χ2n) is 6.16. The first-order chi connectivity index (χ1) is 9.32. The van der Waals surface area contributed by atoms with Crippen molar-refractivity contribution in [3.05, 3.63) is 39.4 Å². The van der Waals surface area contributed by atoms with Crippen LogP contribution in [0.25, 0.3) is 0 Å². The van der Waals surface area contributed by atoms with E-state index in [1.165, 1.54) is 0 Å². The van der Waals surface area contributed by atoms with Crippen LogP contribution < -0.4 is 5.32 Å². The van der Waals surface area contributed by atoms with Gasteiger partial charge in [-0.15, -0.1) is 0 Å². The largest absolute Gasteiger partial charge is 0.312 e. The maximum atomic E-state index is 10.9. The quantitative estimate of drug-likeness (QED) is 0.607. The van der Waals surface area contributed by atoms with Gasteiger partial charge in [0, 0.05) is 18.2 Å². The van der Waals surface area contributed by atoms with Gasteiger partial charge in [0.25, 0.3) is 5.69 Å². The third-order valence-electron chi connectivity index (χ3n) is 3.89. The molecule has 4 nitrogen and oxygen atoms in total. The Labute approximate surface area is 121 Å². The molecule has 0 radical (unpaired) electrons. The van der Waals surface area contributed by atoms with Gasteiger partial charge in [0.05, 0.1) is 4.92 Å². The van der Waals surface area contributed by atoms with Gasteiger partial charge >= 0.3 is 0 Å². The fourth-order valence-corrected chi connectivity index (χ4v) is 2.59. The summed E-state index contributed by atoms with van der Waals surface area (Å²) in [5.74, 6) is 1.89. The molecule has 1 N–H and O–H groups in total. The predicted octanol–water partition coefficient (Wildman–Crippen LogP) is 3.92. The Hall–Kier alpha value is -1.42. The SMILES string of the molecule is Cc1ccc(CNCC(C(C)C)C(C)C)cc1[N+](=O)[O-]. The molecule has 0 aliphatic heterocycles. The molecule has 0 saturated carbocycles. The fraction of sp³-hybridized carbons (Fsp3) is 0.625. The lowest BCUT2D eigenvalue weighted by Gasteiger charge is -2.25. The van der Waals surface area contributed by atoms with Crippen LogP contribution >= 0.6 is 0 Å². The highest BCUT2D eigenvalue weighted by Gasteiger charge is 2.17. The third kappa shape index (κ3) is 4.60. The van der Waals surface area contributed by atoms with Gasteiger partial charge < -0.3 is 5.32 Å². The second-order valence-corrected chi connectivity index (χ2v) is 6.16. The van der Waals surface area contributed by atoms with Gasteiger partial charge in [-0.05, 0) is 36.8 Å². The van der Waals surface area contributed by atoms with Crippen LogP contribution in [-0.4, -0.2) is 11.5 Å². The van der Waals surface area contributed by atoms with E-state index in [9.17, 15) is 10.1 Å². The first kappa shape index (κ1) is 16.6. The third-order valence-corrected chi connectivity index (χ3v) is 3.89. The van der Waals surface area contributed by atoms with E-state index >= 15 is 0 Å². The average Bonchev–Trinajstić information content (AvgIpc) is 2.35. The summed E-state index contributed by atoms with van der Waals surface area (Å²) in [5.41, 5.74) is 1.88. The molecule has 0 bridgehead atoms. The van der Waals surface area contributed by atoms with Gasteiger partial charge in [-0.25, -0.2) is 0 Å². The van der Waals surface area contributed by atoms with Gasteiger partial charge in [-0.3, -0.25) is 10.1 Å². The highest BCUT2D eigenvalue weighted by atomic mass is 16.6. The molecule has 4 heteroatoms.